The van der Waals surface area contributed by atoms with Crippen LogP contribution in [0.5, 0.6) is 5.75 Å². The maximum absolute atomic E-state index is 6.13. The van der Waals surface area contributed by atoms with Crippen LogP contribution in [0.2, 0.25) is 5.02 Å². The molecule has 6 nitrogen and oxygen atoms in total. The highest BCUT2D eigenvalue weighted by Gasteiger charge is 2.07. The number of benzene rings is 2. The van der Waals surface area contributed by atoms with E-state index in [9.17, 15) is 0 Å². The summed E-state index contributed by atoms with van der Waals surface area (Å²) >= 11 is 6.13. The van der Waals surface area contributed by atoms with Crippen molar-refractivity contribution in [3.05, 3.63) is 59.2 Å². The number of aryl methyl sites for hydroxylation is 1. The minimum atomic E-state index is 0.347. The highest BCUT2D eigenvalue weighted by atomic mass is 35.5. The molecule has 0 aliphatic carbocycles. The molecule has 0 spiro atoms. The minimum absolute atomic E-state index is 0.347. The van der Waals surface area contributed by atoms with Crippen LogP contribution >= 0.6 is 11.6 Å². The van der Waals surface area contributed by atoms with E-state index in [0.29, 0.717) is 22.5 Å². The van der Waals surface area contributed by atoms with Crippen molar-refractivity contribution < 1.29 is 4.74 Å². The van der Waals surface area contributed by atoms with Crippen LogP contribution in [0.4, 0.5) is 23.1 Å². The average Bonchev–Trinajstić information content (AvgIpc) is 2.58. The van der Waals surface area contributed by atoms with Gasteiger partial charge in [-0.25, -0.2) is 0 Å². The van der Waals surface area contributed by atoms with E-state index in [2.05, 4.69) is 25.8 Å². The fraction of sp³-hybridized carbons (Fsp3) is 0.118. The van der Waals surface area contributed by atoms with Crippen LogP contribution < -0.4 is 15.4 Å². The van der Waals surface area contributed by atoms with Gasteiger partial charge in [-0.2, -0.15) is 10.1 Å². The number of hydrogen-bond acceptors (Lipinski definition) is 6. The van der Waals surface area contributed by atoms with Crippen LogP contribution in [0.3, 0.4) is 0 Å². The zero-order valence-electron chi connectivity index (χ0n) is 13.2. The molecule has 0 atom stereocenters. The lowest BCUT2D eigenvalue weighted by Gasteiger charge is -2.12. The van der Waals surface area contributed by atoms with Crippen molar-refractivity contribution in [1.82, 2.24) is 15.2 Å². The predicted molar refractivity (Wildman–Crippen MR) is 95.6 cm³/mol. The molecule has 0 unspecified atom stereocenters. The molecule has 0 radical (unpaired) electrons. The van der Waals surface area contributed by atoms with E-state index in [1.54, 1.807) is 19.4 Å². The Morgan fingerprint density at radius 2 is 1.88 bits per heavy atom. The molecular formula is C17H16ClN5O. The third-order valence-corrected chi connectivity index (χ3v) is 3.63. The lowest BCUT2D eigenvalue weighted by atomic mass is 10.2. The number of hydrogen-bond donors (Lipinski definition) is 2. The Labute approximate surface area is 144 Å². The fourth-order valence-electron chi connectivity index (χ4n) is 2.16. The van der Waals surface area contributed by atoms with Crippen molar-refractivity contribution in [3.8, 4) is 5.75 Å². The highest BCUT2D eigenvalue weighted by Crippen LogP contribution is 2.28. The monoisotopic (exact) mass is 341 g/mol. The maximum atomic E-state index is 6.13. The molecule has 0 bridgehead atoms. The van der Waals surface area contributed by atoms with Gasteiger partial charge in [-0.05, 0) is 36.8 Å². The van der Waals surface area contributed by atoms with E-state index in [1.807, 2.05) is 43.3 Å². The molecule has 2 N–H and O–H groups in total. The van der Waals surface area contributed by atoms with Crippen molar-refractivity contribution in [1.29, 1.82) is 0 Å². The summed E-state index contributed by atoms with van der Waals surface area (Å²) in [5.41, 5.74) is 2.63. The summed E-state index contributed by atoms with van der Waals surface area (Å²) in [6.45, 7) is 2.01. The van der Waals surface area contributed by atoms with Crippen molar-refractivity contribution in [2.45, 2.75) is 6.92 Å². The first-order valence-corrected chi connectivity index (χ1v) is 7.66. The zero-order valence-corrected chi connectivity index (χ0v) is 14.0. The molecule has 0 aliphatic heterocycles. The number of halogens is 1. The molecule has 3 rings (SSSR count). The van der Waals surface area contributed by atoms with Crippen molar-refractivity contribution >= 4 is 34.7 Å². The van der Waals surface area contributed by atoms with Crippen molar-refractivity contribution in [2.24, 2.45) is 0 Å². The average molecular weight is 342 g/mol. The van der Waals surface area contributed by atoms with E-state index in [-0.39, 0.29) is 0 Å². The van der Waals surface area contributed by atoms with Gasteiger partial charge in [0.15, 0.2) is 5.82 Å². The molecule has 0 saturated carbocycles. The minimum Gasteiger partial charge on any atom is -0.495 e. The normalized spacial score (nSPS) is 10.3. The third kappa shape index (κ3) is 3.72. The van der Waals surface area contributed by atoms with E-state index in [4.69, 9.17) is 16.3 Å². The number of ether oxygens (including phenoxy) is 1. The molecule has 1 aromatic heterocycles. The summed E-state index contributed by atoms with van der Waals surface area (Å²) in [4.78, 5) is 4.40. The zero-order chi connectivity index (χ0) is 16.9. The third-order valence-electron chi connectivity index (χ3n) is 3.30. The standard InChI is InChI=1S/C17H16ClN5O/c1-11-7-8-15(24-2)14(9-11)20-16-10-19-23-17(22-16)21-13-6-4-3-5-12(13)18/h3-10H,1-2H3,(H2,20,21,22,23). The lowest BCUT2D eigenvalue weighted by Crippen LogP contribution is -2.03. The molecule has 0 aliphatic rings. The molecule has 3 aromatic rings. The lowest BCUT2D eigenvalue weighted by molar-refractivity contribution is 0.416. The number of aromatic nitrogens is 3. The number of rotatable bonds is 5. The van der Waals surface area contributed by atoms with Crippen LogP contribution in [0, 0.1) is 6.92 Å². The molecular weight excluding hydrogens is 326 g/mol. The highest BCUT2D eigenvalue weighted by molar-refractivity contribution is 6.33. The van der Waals surface area contributed by atoms with Gasteiger partial charge in [0.05, 0.1) is 29.7 Å². The number of nitrogens with one attached hydrogen (secondary N) is 2. The largest absolute Gasteiger partial charge is 0.495 e. The Morgan fingerprint density at radius 1 is 1.04 bits per heavy atom. The molecule has 24 heavy (non-hydrogen) atoms. The van der Waals surface area contributed by atoms with E-state index in [1.165, 1.54) is 0 Å². The summed E-state index contributed by atoms with van der Waals surface area (Å²) in [6.07, 6.45) is 1.54. The second-order valence-electron chi connectivity index (χ2n) is 5.10. The summed E-state index contributed by atoms with van der Waals surface area (Å²) in [7, 11) is 1.62. The predicted octanol–water partition coefficient (Wildman–Crippen LogP) is 4.33. The van der Waals surface area contributed by atoms with E-state index >= 15 is 0 Å². The Bertz CT molecular complexity index is 856. The van der Waals surface area contributed by atoms with Crippen molar-refractivity contribution in [2.75, 3.05) is 17.7 Å². The van der Waals surface area contributed by atoms with E-state index < -0.39 is 0 Å². The SMILES string of the molecule is COc1ccc(C)cc1Nc1cnnc(Nc2ccccc2Cl)n1. The van der Waals surface area contributed by atoms with Gasteiger partial charge in [-0.15, -0.1) is 5.10 Å². The summed E-state index contributed by atoms with van der Waals surface area (Å²) < 4.78 is 5.35. The topological polar surface area (TPSA) is 72.0 Å². The van der Waals surface area contributed by atoms with Gasteiger partial charge in [0, 0.05) is 0 Å². The summed E-state index contributed by atoms with van der Waals surface area (Å²) in [6, 6.07) is 13.2. The Balaban J connectivity index is 1.84. The fourth-order valence-corrected chi connectivity index (χ4v) is 2.34. The van der Waals surface area contributed by atoms with Crippen LogP contribution in [-0.4, -0.2) is 22.3 Å². The molecule has 1 heterocycles. The smallest absolute Gasteiger partial charge is 0.249 e. The maximum Gasteiger partial charge on any atom is 0.249 e. The molecule has 2 aromatic carbocycles. The van der Waals surface area contributed by atoms with Crippen molar-refractivity contribution in [3.63, 3.8) is 0 Å². The first-order valence-electron chi connectivity index (χ1n) is 7.28. The van der Waals surface area contributed by atoms with Gasteiger partial charge >= 0.3 is 0 Å². The summed E-state index contributed by atoms with van der Waals surface area (Å²) in [5.74, 6) is 1.61. The van der Waals surface area contributed by atoms with Crippen LogP contribution in [-0.2, 0) is 0 Å². The van der Waals surface area contributed by atoms with Crippen LogP contribution in [0.15, 0.2) is 48.7 Å². The molecule has 0 amide bonds. The first kappa shape index (κ1) is 16.0. The first-order chi connectivity index (χ1) is 11.7. The molecule has 7 heteroatoms. The van der Waals surface area contributed by atoms with Crippen LogP contribution in [0.25, 0.3) is 0 Å². The van der Waals surface area contributed by atoms with E-state index in [0.717, 1.165) is 17.0 Å². The number of nitrogens with zero attached hydrogens (tertiary/aromatic N) is 3. The van der Waals surface area contributed by atoms with Gasteiger partial charge in [0.25, 0.3) is 0 Å². The summed E-state index contributed by atoms with van der Waals surface area (Å²) in [5, 5.41) is 14.8. The molecule has 0 fully saturated rings. The second kappa shape index (κ2) is 7.14. The molecule has 122 valence electrons. The van der Waals surface area contributed by atoms with Gasteiger partial charge in [-0.1, -0.05) is 29.8 Å². The Kier molecular flexibility index (Phi) is 4.77. The quantitative estimate of drug-likeness (QED) is 0.719. The van der Waals surface area contributed by atoms with Crippen LogP contribution in [0.1, 0.15) is 5.56 Å². The molecule has 0 saturated heterocycles. The Morgan fingerprint density at radius 3 is 2.67 bits per heavy atom. The van der Waals surface area contributed by atoms with Gasteiger partial charge in [0.2, 0.25) is 5.95 Å². The second-order valence-corrected chi connectivity index (χ2v) is 5.51. The van der Waals surface area contributed by atoms with Gasteiger partial charge < -0.3 is 15.4 Å². The number of para-hydroxylation sites is 1. The number of methoxy groups -OCH3 is 1. The number of anilines is 4. The van der Waals surface area contributed by atoms with Gasteiger partial charge in [-0.3, -0.25) is 0 Å². The van der Waals surface area contributed by atoms with Gasteiger partial charge in [0.1, 0.15) is 5.75 Å². The Hall–Kier alpha value is -2.86.